The summed E-state index contributed by atoms with van der Waals surface area (Å²) < 4.78 is 0. The van der Waals surface area contributed by atoms with Crippen LogP contribution >= 0.6 is 15.9 Å². The molecular weight excluding hydrogens is 376 g/mol. The average molecular weight is 411 g/mol. The van der Waals surface area contributed by atoms with E-state index in [1.807, 2.05) is 12.1 Å². The van der Waals surface area contributed by atoms with Crippen molar-refractivity contribution < 1.29 is 9.90 Å². The predicted molar refractivity (Wildman–Crippen MR) is 111 cm³/mol. The van der Waals surface area contributed by atoms with E-state index >= 15 is 0 Å². The summed E-state index contributed by atoms with van der Waals surface area (Å²) >= 11 is 3.45. The van der Waals surface area contributed by atoms with Crippen LogP contribution in [0.5, 0.6) is 5.75 Å². The highest BCUT2D eigenvalue weighted by molar-refractivity contribution is 9.09. The maximum absolute atomic E-state index is 12.7. The molecule has 0 bridgehead atoms. The summed E-state index contributed by atoms with van der Waals surface area (Å²) in [4.78, 5) is 12.7. The number of unbranched alkanes of at least 4 members (excludes halogenated alkanes) is 4. The van der Waals surface area contributed by atoms with Crippen molar-refractivity contribution in [2.75, 3.05) is 5.33 Å². The Morgan fingerprint density at radius 2 is 1.32 bits per heavy atom. The maximum Gasteiger partial charge on any atom is 0.162 e. The molecule has 0 fully saturated rings. The number of Topliss-reactive ketones (excluding diaryl/α,β-unsaturated/α-hetero) is 1. The van der Waals surface area contributed by atoms with Gasteiger partial charge in [-0.05, 0) is 35.8 Å². The van der Waals surface area contributed by atoms with Gasteiger partial charge in [0, 0.05) is 28.4 Å². The summed E-state index contributed by atoms with van der Waals surface area (Å²) in [6.07, 6.45) is 6.25. The van der Waals surface area contributed by atoms with Crippen LogP contribution in [0.3, 0.4) is 0 Å². The van der Waals surface area contributed by atoms with E-state index in [-0.39, 0.29) is 16.6 Å². The van der Waals surface area contributed by atoms with Crippen LogP contribution in [0, 0.1) is 0 Å². The van der Waals surface area contributed by atoms with E-state index in [1.54, 1.807) is 0 Å². The van der Waals surface area contributed by atoms with Crippen LogP contribution in [-0.2, 0) is 10.8 Å². The van der Waals surface area contributed by atoms with Gasteiger partial charge in [-0.3, -0.25) is 4.79 Å². The van der Waals surface area contributed by atoms with Crippen LogP contribution in [0.2, 0.25) is 0 Å². The molecule has 142 valence electrons. The van der Waals surface area contributed by atoms with Crippen molar-refractivity contribution in [1.82, 2.24) is 0 Å². The standard InChI is InChI=1S/C22H35BrO2/c1-21(2,3)17-14-16(15-18(20(17)25)22(4,5)6)19(24)12-10-8-7-9-11-13-23/h14-15,25H,7-13H2,1-6H3. The number of hydrogen-bond acceptors (Lipinski definition) is 2. The molecule has 0 atom stereocenters. The Morgan fingerprint density at radius 3 is 1.76 bits per heavy atom. The van der Waals surface area contributed by atoms with E-state index in [1.165, 1.54) is 19.3 Å². The molecule has 0 aromatic heterocycles. The van der Waals surface area contributed by atoms with Crippen molar-refractivity contribution in [1.29, 1.82) is 0 Å². The van der Waals surface area contributed by atoms with E-state index in [9.17, 15) is 9.90 Å². The Kier molecular flexibility index (Phi) is 8.18. The molecule has 0 aliphatic rings. The fourth-order valence-electron chi connectivity index (χ4n) is 2.99. The lowest BCUT2D eigenvalue weighted by Gasteiger charge is -2.28. The summed E-state index contributed by atoms with van der Waals surface area (Å²) in [5.41, 5.74) is 2.07. The Hall–Kier alpha value is -0.830. The topological polar surface area (TPSA) is 37.3 Å². The van der Waals surface area contributed by atoms with Crippen molar-refractivity contribution in [3.8, 4) is 5.75 Å². The van der Waals surface area contributed by atoms with Gasteiger partial charge >= 0.3 is 0 Å². The third-order valence-corrected chi connectivity index (χ3v) is 5.15. The second-order valence-electron chi connectivity index (χ2n) is 9.05. The largest absolute Gasteiger partial charge is 0.507 e. The van der Waals surface area contributed by atoms with Gasteiger partial charge in [0.05, 0.1) is 0 Å². The minimum absolute atomic E-state index is 0.191. The van der Waals surface area contributed by atoms with Gasteiger partial charge in [0.1, 0.15) is 5.75 Å². The second-order valence-corrected chi connectivity index (χ2v) is 9.84. The van der Waals surface area contributed by atoms with Gasteiger partial charge in [-0.25, -0.2) is 0 Å². The molecule has 0 saturated carbocycles. The monoisotopic (exact) mass is 410 g/mol. The Balaban J connectivity index is 2.97. The molecule has 2 nitrogen and oxygen atoms in total. The van der Waals surface area contributed by atoms with Gasteiger partial charge < -0.3 is 5.11 Å². The Labute approximate surface area is 162 Å². The number of rotatable bonds is 8. The molecule has 1 aromatic carbocycles. The van der Waals surface area contributed by atoms with Crippen LogP contribution in [0.1, 0.15) is 102 Å². The number of benzene rings is 1. The highest BCUT2D eigenvalue weighted by Crippen LogP contribution is 2.40. The van der Waals surface area contributed by atoms with Crippen LogP contribution in [0.25, 0.3) is 0 Å². The third kappa shape index (κ3) is 6.77. The number of phenolic OH excluding ortho intramolecular Hbond substituents is 1. The zero-order valence-corrected chi connectivity index (χ0v) is 18.4. The van der Waals surface area contributed by atoms with E-state index < -0.39 is 0 Å². The SMILES string of the molecule is CC(C)(C)c1cc(C(=O)CCCCCCCBr)cc(C(C)(C)C)c1O. The molecule has 0 saturated heterocycles. The number of carbonyl (C=O) groups is 1. The van der Waals surface area contributed by atoms with Crippen molar-refractivity contribution in [3.05, 3.63) is 28.8 Å². The zero-order chi connectivity index (χ0) is 19.3. The highest BCUT2D eigenvalue weighted by atomic mass is 79.9. The normalized spacial score (nSPS) is 12.4. The van der Waals surface area contributed by atoms with Crippen LogP contribution < -0.4 is 0 Å². The molecule has 25 heavy (non-hydrogen) atoms. The minimum atomic E-state index is -0.198. The lowest BCUT2D eigenvalue weighted by atomic mass is 9.78. The molecule has 1 N–H and O–H groups in total. The number of phenols is 1. The van der Waals surface area contributed by atoms with E-state index in [0.717, 1.165) is 34.9 Å². The molecule has 0 spiro atoms. The van der Waals surface area contributed by atoms with E-state index in [0.29, 0.717) is 12.2 Å². The summed E-state index contributed by atoms with van der Waals surface area (Å²) in [7, 11) is 0. The van der Waals surface area contributed by atoms with Crippen molar-refractivity contribution in [2.45, 2.75) is 90.9 Å². The van der Waals surface area contributed by atoms with Gasteiger partial charge in [0.15, 0.2) is 5.78 Å². The first-order valence-electron chi connectivity index (χ1n) is 9.45. The summed E-state index contributed by atoms with van der Waals surface area (Å²) in [5, 5.41) is 11.8. The molecule has 1 aromatic rings. The molecule has 3 heteroatoms. The summed E-state index contributed by atoms with van der Waals surface area (Å²) in [6, 6.07) is 3.80. The molecule has 0 aliphatic heterocycles. The van der Waals surface area contributed by atoms with Gasteiger partial charge in [0.25, 0.3) is 0 Å². The quantitative estimate of drug-likeness (QED) is 0.287. The first kappa shape index (κ1) is 22.2. The van der Waals surface area contributed by atoms with Crippen molar-refractivity contribution in [2.24, 2.45) is 0 Å². The predicted octanol–water partition coefficient (Wildman–Crippen LogP) is 6.91. The number of carbonyl (C=O) groups excluding carboxylic acids is 1. The lowest BCUT2D eigenvalue weighted by Crippen LogP contribution is -2.18. The molecular formula is C22H35BrO2. The van der Waals surface area contributed by atoms with Crippen LogP contribution in [0.15, 0.2) is 12.1 Å². The number of aromatic hydroxyl groups is 1. The average Bonchev–Trinajstić information content (AvgIpc) is 2.48. The van der Waals surface area contributed by atoms with Crippen LogP contribution in [0.4, 0.5) is 0 Å². The maximum atomic E-state index is 12.7. The fourth-order valence-corrected chi connectivity index (χ4v) is 3.39. The Bertz CT molecular complexity index is 542. The van der Waals surface area contributed by atoms with Gasteiger partial charge in [-0.2, -0.15) is 0 Å². The molecule has 0 aliphatic carbocycles. The molecule has 0 unspecified atom stereocenters. The van der Waals surface area contributed by atoms with Gasteiger partial charge in [-0.1, -0.05) is 76.7 Å². The summed E-state index contributed by atoms with van der Waals surface area (Å²) in [6.45, 7) is 12.5. The van der Waals surface area contributed by atoms with Gasteiger partial charge in [-0.15, -0.1) is 0 Å². The number of ketones is 1. The summed E-state index contributed by atoms with van der Waals surface area (Å²) in [5.74, 6) is 0.530. The molecule has 0 radical (unpaired) electrons. The van der Waals surface area contributed by atoms with E-state index in [4.69, 9.17) is 0 Å². The first-order valence-corrected chi connectivity index (χ1v) is 10.6. The van der Waals surface area contributed by atoms with E-state index in [2.05, 4.69) is 57.5 Å². The fraction of sp³-hybridized carbons (Fsp3) is 0.682. The van der Waals surface area contributed by atoms with Crippen LogP contribution in [-0.4, -0.2) is 16.2 Å². The molecule has 0 heterocycles. The molecule has 1 rings (SSSR count). The highest BCUT2D eigenvalue weighted by Gasteiger charge is 2.27. The smallest absolute Gasteiger partial charge is 0.162 e. The van der Waals surface area contributed by atoms with Crippen molar-refractivity contribution in [3.63, 3.8) is 0 Å². The Morgan fingerprint density at radius 1 is 0.880 bits per heavy atom. The van der Waals surface area contributed by atoms with Gasteiger partial charge in [0.2, 0.25) is 0 Å². The lowest BCUT2D eigenvalue weighted by molar-refractivity contribution is 0.0979. The first-order chi connectivity index (χ1) is 11.5. The minimum Gasteiger partial charge on any atom is -0.507 e. The second kappa shape index (κ2) is 9.21. The number of hydrogen-bond donors (Lipinski definition) is 1. The zero-order valence-electron chi connectivity index (χ0n) is 16.8. The van der Waals surface area contributed by atoms with Crippen molar-refractivity contribution >= 4 is 21.7 Å². The number of halogens is 1. The third-order valence-electron chi connectivity index (χ3n) is 4.59. The number of alkyl halides is 1. The molecule has 0 amide bonds.